The number of fused-ring (bicyclic) bond motifs is 1. The summed E-state index contributed by atoms with van der Waals surface area (Å²) in [6.45, 7) is 1.95. The van der Waals surface area contributed by atoms with Gasteiger partial charge in [0.05, 0.1) is 11.6 Å². The molecule has 3 aromatic carbocycles. The van der Waals surface area contributed by atoms with Gasteiger partial charge in [0.15, 0.2) is 0 Å². The van der Waals surface area contributed by atoms with E-state index in [2.05, 4.69) is 0 Å². The highest BCUT2D eigenvalue weighted by atomic mass is 35.5. The third-order valence-electron chi connectivity index (χ3n) is 5.89. The minimum atomic E-state index is -0.951. The van der Waals surface area contributed by atoms with Crippen molar-refractivity contribution in [1.29, 1.82) is 0 Å². The number of rotatable bonds is 3. The van der Waals surface area contributed by atoms with Crippen molar-refractivity contribution in [2.24, 2.45) is 0 Å². The Labute approximate surface area is 194 Å². The second-order valence-electron chi connectivity index (χ2n) is 8.16. The van der Waals surface area contributed by atoms with Crippen molar-refractivity contribution in [3.05, 3.63) is 99.8 Å². The number of carbonyl (C=O) groups excluding carboxylic acids is 2. The molecule has 0 spiro atoms. The monoisotopic (exact) mass is 463 g/mol. The maximum atomic E-state index is 13.6. The van der Waals surface area contributed by atoms with Crippen LogP contribution < -0.4 is 9.64 Å². The van der Waals surface area contributed by atoms with E-state index in [1.165, 1.54) is 29.2 Å². The van der Waals surface area contributed by atoms with Gasteiger partial charge in [0.2, 0.25) is 0 Å². The minimum absolute atomic E-state index is 0.0185. The minimum Gasteiger partial charge on any atom is -0.507 e. The van der Waals surface area contributed by atoms with Crippen LogP contribution in [-0.4, -0.2) is 22.9 Å². The molecule has 5 rings (SSSR count). The molecule has 7 heteroatoms. The molecule has 2 atom stereocenters. The number of anilines is 1. The van der Waals surface area contributed by atoms with Gasteiger partial charge >= 0.3 is 0 Å². The molecule has 0 saturated carbocycles. The number of Topliss-reactive ketones (excluding diaryl/α,β-unsaturated/α-hetero) is 1. The molecule has 2 aliphatic rings. The van der Waals surface area contributed by atoms with Crippen molar-refractivity contribution in [3.63, 3.8) is 0 Å². The van der Waals surface area contributed by atoms with E-state index in [4.69, 9.17) is 16.3 Å². The second-order valence-corrected chi connectivity index (χ2v) is 8.59. The molecule has 33 heavy (non-hydrogen) atoms. The van der Waals surface area contributed by atoms with E-state index < -0.39 is 23.5 Å². The average Bonchev–Trinajstić information content (AvgIpc) is 3.29. The lowest BCUT2D eigenvalue weighted by Gasteiger charge is -2.25. The van der Waals surface area contributed by atoms with Crippen molar-refractivity contribution < 1.29 is 23.8 Å². The van der Waals surface area contributed by atoms with Gasteiger partial charge in [-0.15, -0.1) is 0 Å². The molecule has 3 aromatic rings. The van der Waals surface area contributed by atoms with E-state index in [0.29, 0.717) is 28.3 Å². The van der Waals surface area contributed by atoms with Gasteiger partial charge in [-0.3, -0.25) is 14.5 Å². The van der Waals surface area contributed by atoms with Gasteiger partial charge in [0.1, 0.15) is 23.4 Å². The van der Waals surface area contributed by atoms with Gasteiger partial charge in [-0.05, 0) is 66.6 Å². The molecule has 1 fully saturated rings. The lowest BCUT2D eigenvalue weighted by Crippen LogP contribution is -2.29. The molecule has 2 unspecified atom stereocenters. The fourth-order valence-electron chi connectivity index (χ4n) is 4.41. The largest absolute Gasteiger partial charge is 0.507 e. The SMILES string of the molecule is CC1Cc2cc(/C(O)=C3/C(=O)C(=O)N(c4cccc(Cl)c4)C3c3ccc(F)cc3)ccc2O1. The highest BCUT2D eigenvalue weighted by molar-refractivity contribution is 6.51. The molecule has 5 nitrogen and oxygen atoms in total. The Morgan fingerprint density at radius 2 is 1.85 bits per heavy atom. The van der Waals surface area contributed by atoms with Gasteiger partial charge in [-0.2, -0.15) is 0 Å². The lowest BCUT2D eigenvalue weighted by atomic mass is 9.94. The molecule has 2 aliphatic heterocycles. The number of amides is 1. The van der Waals surface area contributed by atoms with Crippen molar-refractivity contribution in [3.8, 4) is 5.75 Å². The number of benzene rings is 3. The van der Waals surface area contributed by atoms with Crippen LogP contribution in [0.25, 0.3) is 5.76 Å². The number of halogens is 2. The molecule has 166 valence electrons. The zero-order valence-electron chi connectivity index (χ0n) is 17.6. The quantitative estimate of drug-likeness (QED) is 0.319. The van der Waals surface area contributed by atoms with E-state index >= 15 is 0 Å². The summed E-state index contributed by atoms with van der Waals surface area (Å²) in [5, 5.41) is 11.6. The number of aliphatic hydroxyl groups excluding tert-OH is 1. The standard InChI is InChI=1S/C26H19ClFNO4/c1-14-11-17-12-16(7-10-21(17)33-14)24(30)22-23(15-5-8-19(28)9-6-15)29(26(32)25(22)31)20-4-2-3-18(27)13-20/h2-10,12-14,23,30H,11H2,1H3/b24-22-. The first-order valence-electron chi connectivity index (χ1n) is 10.5. The maximum Gasteiger partial charge on any atom is 0.300 e. The Morgan fingerprint density at radius 3 is 2.58 bits per heavy atom. The van der Waals surface area contributed by atoms with Crippen LogP contribution in [-0.2, 0) is 16.0 Å². The first-order valence-corrected chi connectivity index (χ1v) is 10.8. The predicted octanol–water partition coefficient (Wildman–Crippen LogP) is 5.43. The normalized spacial score (nSPS) is 21.2. The molecule has 1 amide bonds. The first-order chi connectivity index (χ1) is 15.8. The Bertz CT molecular complexity index is 1320. The summed E-state index contributed by atoms with van der Waals surface area (Å²) in [7, 11) is 0. The summed E-state index contributed by atoms with van der Waals surface area (Å²) in [6, 6.07) is 16.2. The van der Waals surface area contributed by atoms with Crippen LogP contribution >= 0.6 is 11.6 Å². The highest BCUT2D eigenvalue weighted by Gasteiger charge is 2.47. The predicted molar refractivity (Wildman–Crippen MR) is 123 cm³/mol. The molecule has 1 N–H and O–H groups in total. The summed E-state index contributed by atoms with van der Waals surface area (Å²) in [5.41, 5.74) is 2.12. The van der Waals surface area contributed by atoms with Crippen molar-refractivity contribution in [2.45, 2.75) is 25.5 Å². The van der Waals surface area contributed by atoms with Crippen LogP contribution in [0.5, 0.6) is 5.75 Å². The summed E-state index contributed by atoms with van der Waals surface area (Å²) in [4.78, 5) is 27.6. The van der Waals surface area contributed by atoms with Gasteiger partial charge in [0, 0.05) is 22.7 Å². The number of hydrogen-bond acceptors (Lipinski definition) is 4. The first kappa shape index (κ1) is 21.2. The van der Waals surface area contributed by atoms with Crippen molar-refractivity contribution >= 4 is 34.7 Å². The Balaban J connectivity index is 1.69. The van der Waals surface area contributed by atoms with Crippen LogP contribution in [0, 0.1) is 5.82 Å². The van der Waals surface area contributed by atoms with Crippen LogP contribution in [0.2, 0.25) is 5.02 Å². The molecular formula is C26H19ClFNO4. The Kier molecular flexibility index (Phi) is 5.17. The lowest BCUT2D eigenvalue weighted by molar-refractivity contribution is -0.132. The number of carbonyl (C=O) groups is 2. The summed E-state index contributed by atoms with van der Waals surface area (Å²) >= 11 is 6.14. The van der Waals surface area contributed by atoms with E-state index in [-0.39, 0.29) is 17.4 Å². The Morgan fingerprint density at radius 1 is 1.09 bits per heavy atom. The molecule has 0 aliphatic carbocycles. The number of ether oxygens (including phenoxy) is 1. The van der Waals surface area contributed by atoms with E-state index in [0.717, 1.165) is 11.3 Å². The van der Waals surface area contributed by atoms with Crippen molar-refractivity contribution in [1.82, 2.24) is 0 Å². The fraction of sp³-hybridized carbons (Fsp3) is 0.154. The van der Waals surface area contributed by atoms with E-state index in [9.17, 15) is 19.1 Å². The highest BCUT2D eigenvalue weighted by Crippen LogP contribution is 2.43. The number of nitrogens with zero attached hydrogens (tertiary/aromatic N) is 1. The Hall–Kier alpha value is -3.64. The van der Waals surface area contributed by atoms with Gasteiger partial charge in [0.25, 0.3) is 11.7 Å². The van der Waals surface area contributed by atoms with Gasteiger partial charge in [-0.1, -0.05) is 29.8 Å². The molecule has 2 heterocycles. The summed E-state index contributed by atoms with van der Waals surface area (Å²) in [6.07, 6.45) is 0.694. The molecule has 0 radical (unpaired) electrons. The summed E-state index contributed by atoms with van der Waals surface area (Å²) < 4.78 is 19.4. The molecule has 0 bridgehead atoms. The smallest absolute Gasteiger partial charge is 0.300 e. The number of aliphatic hydroxyl groups is 1. The topological polar surface area (TPSA) is 66.8 Å². The van der Waals surface area contributed by atoms with Crippen LogP contribution in [0.1, 0.15) is 29.7 Å². The second kappa shape index (κ2) is 8.05. The van der Waals surface area contributed by atoms with Crippen LogP contribution in [0.3, 0.4) is 0 Å². The van der Waals surface area contributed by atoms with E-state index in [1.54, 1.807) is 42.5 Å². The third-order valence-corrected chi connectivity index (χ3v) is 6.12. The molecule has 1 saturated heterocycles. The summed E-state index contributed by atoms with van der Waals surface area (Å²) in [5.74, 6) is -1.65. The van der Waals surface area contributed by atoms with E-state index in [1.807, 2.05) is 6.92 Å². The van der Waals surface area contributed by atoms with Crippen LogP contribution in [0.15, 0.2) is 72.3 Å². The van der Waals surface area contributed by atoms with Crippen molar-refractivity contribution in [2.75, 3.05) is 4.90 Å². The zero-order chi connectivity index (χ0) is 23.3. The fourth-order valence-corrected chi connectivity index (χ4v) is 4.59. The third kappa shape index (κ3) is 3.66. The average molecular weight is 464 g/mol. The zero-order valence-corrected chi connectivity index (χ0v) is 18.3. The molecular weight excluding hydrogens is 445 g/mol. The number of ketones is 1. The maximum absolute atomic E-state index is 13.6. The molecule has 0 aromatic heterocycles. The van der Waals surface area contributed by atoms with Gasteiger partial charge in [-0.25, -0.2) is 4.39 Å². The van der Waals surface area contributed by atoms with Crippen LogP contribution in [0.4, 0.5) is 10.1 Å². The van der Waals surface area contributed by atoms with Gasteiger partial charge < -0.3 is 9.84 Å². The number of hydrogen-bond donors (Lipinski definition) is 1.